The zero-order valence-corrected chi connectivity index (χ0v) is 11.3. The first-order chi connectivity index (χ1) is 9.21. The van der Waals surface area contributed by atoms with Crippen molar-refractivity contribution in [3.63, 3.8) is 0 Å². The number of likely N-dealkylation sites (N-methyl/N-ethyl adjacent to an activating group) is 1. The Labute approximate surface area is 112 Å². The lowest BCUT2D eigenvalue weighted by molar-refractivity contribution is -0.131. The molecular weight excluding hydrogens is 238 g/mol. The number of hydrogen-bond acceptors (Lipinski definition) is 2. The number of rotatable bonds is 4. The molecule has 0 N–H and O–H groups in total. The number of benzene rings is 1. The van der Waals surface area contributed by atoms with E-state index in [1.54, 1.807) is 11.0 Å². The number of hydrogen-bond donors (Lipinski definition) is 0. The molecule has 98 valence electrons. The van der Waals surface area contributed by atoms with Crippen LogP contribution in [0.2, 0.25) is 0 Å². The Kier molecular flexibility index (Phi) is 3.86. The second-order valence-corrected chi connectivity index (χ2v) is 4.36. The van der Waals surface area contributed by atoms with Crippen molar-refractivity contribution in [3.8, 4) is 6.07 Å². The van der Waals surface area contributed by atoms with E-state index >= 15 is 0 Å². The van der Waals surface area contributed by atoms with Crippen LogP contribution < -0.4 is 0 Å². The van der Waals surface area contributed by atoms with Crippen LogP contribution in [0.3, 0.4) is 0 Å². The summed E-state index contributed by atoms with van der Waals surface area (Å²) in [6.07, 6.45) is 1.87. The summed E-state index contributed by atoms with van der Waals surface area (Å²) in [5.41, 5.74) is 1.58. The highest BCUT2D eigenvalue weighted by Gasteiger charge is 2.12. The monoisotopic (exact) mass is 255 g/mol. The minimum absolute atomic E-state index is 0.102. The van der Waals surface area contributed by atoms with Crippen molar-refractivity contribution in [2.24, 2.45) is 0 Å². The molecule has 0 radical (unpaired) electrons. The lowest BCUT2D eigenvalue weighted by atomic mass is 10.1. The molecule has 2 aromatic rings. The van der Waals surface area contributed by atoms with Gasteiger partial charge in [-0.1, -0.05) is 6.07 Å². The molecular formula is C15H17N3O. The lowest BCUT2D eigenvalue weighted by Crippen LogP contribution is -2.33. The van der Waals surface area contributed by atoms with E-state index in [4.69, 9.17) is 5.26 Å². The molecule has 0 unspecified atom stereocenters. The zero-order chi connectivity index (χ0) is 13.8. The largest absolute Gasteiger partial charge is 0.342 e. The van der Waals surface area contributed by atoms with Crippen LogP contribution in [0.5, 0.6) is 0 Å². The average Bonchev–Trinajstić information content (AvgIpc) is 2.83. The molecule has 1 amide bonds. The summed E-state index contributed by atoms with van der Waals surface area (Å²) < 4.78 is 1.90. The highest BCUT2D eigenvalue weighted by Crippen LogP contribution is 2.19. The first-order valence-corrected chi connectivity index (χ1v) is 6.47. The summed E-state index contributed by atoms with van der Waals surface area (Å²) >= 11 is 0. The Bertz CT molecular complexity index is 632. The molecule has 0 atom stereocenters. The summed E-state index contributed by atoms with van der Waals surface area (Å²) in [6, 6.07) is 9.64. The quantitative estimate of drug-likeness (QED) is 0.842. The molecule has 0 aliphatic rings. The number of aromatic nitrogens is 1. The number of fused-ring (bicyclic) bond motifs is 1. The van der Waals surface area contributed by atoms with E-state index < -0.39 is 0 Å². The van der Waals surface area contributed by atoms with E-state index in [0.717, 1.165) is 24.0 Å². The van der Waals surface area contributed by atoms with Crippen molar-refractivity contribution in [1.82, 2.24) is 9.47 Å². The van der Waals surface area contributed by atoms with Crippen LogP contribution in [0.1, 0.15) is 19.4 Å². The summed E-state index contributed by atoms with van der Waals surface area (Å²) in [5, 5.41) is 9.96. The van der Waals surface area contributed by atoms with Crippen molar-refractivity contribution >= 4 is 16.8 Å². The minimum atomic E-state index is 0.102. The van der Waals surface area contributed by atoms with Crippen molar-refractivity contribution in [3.05, 3.63) is 36.0 Å². The van der Waals surface area contributed by atoms with E-state index in [0.29, 0.717) is 12.1 Å². The van der Waals surface area contributed by atoms with Gasteiger partial charge in [0.25, 0.3) is 0 Å². The molecule has 0 saturated carbocycles. The van der Waals surface area contributed by atoms with E-state index in [-0.39, 0.29) is 5.91 Å². The first-order valence-electron chi connectivity index (χ1n) is 6.47. The second-order valence-electron chi connectivity index (χ2n) is 4.36. The Hall–Kier alpha value is -2.28. The van der Waals surface area contributed by atoms with Crippen molar-refractivity contribution in [2.45, 2.75) is 20.4 Å². The van der Waals surface area contributed by atoms with Gasteiger partial charge in [0, 0.05) is 30.2 Å². The fourth-order valence-electron chi connectivity index (χ4n) is 2.28. The van der Waals surface area contributed by atoms with Gasteiger partial charge in [-0.05, 0) is 32.0 Å². The van der Waals surface area contributed by atoms with Gasteiger partial charge in [0.05, 0.1) is 11.6 Å². The lowest BCUT2D eigenvalue weighted by Gasteiger charge is -2.19. The zero-order valence-electron chi connectivity index (χ0n) is 11.3. The van der Waals surface area contributed by atoms with Gasteiger partial charge in [-0.2, -0.15) is 5.26 Å². The molecule has 19 heavy (non-hydrogen) atoms. The molecule has 0 bridgehead atoms. The fourth-order valence-corrected chi connectivity index (χ4v) is 2.28. The van der Waals surface area contributed by atoms with Gasteiger partial charge < -0.3 is 9.47 Å². The smallest absolute Gasteiger partial charge is 0.242 e. The molecule has 0 saturated heterocycles. The van der Waals surface area contributed by atoms with E-state index in [1.807, 2.05) is 42.8 Å². The highest BCUT2D eigenvalue weighted by molar-refractivity contribution is 5.87. The van der Waals surface area contributed by atoms with Crippen LogP contribution in [-0.4, -0.2) is 28.5 Å². The summed E-state index contributed by atoms with van der Waals surface area (Å²) in [5.74, 6) is 0.102. The van der Waals surface area contributed by atoms with Crippen LogP contribution in [0.15, 0.2) is 30.5 Å². The maximum Gasteiger partial charge on any atom is 0.242 e. The molecule has 1 heterocycles. The van der Waals surface area contributed by atoms with E-state index in [9.17, 15) is 4.79 Å². The summed E-state index contributed by atoms with van der Waals surface area (Å²) in [6.45, 7) is 5.71. The van der Waals surface area contributed by atoms with E-state index in [1.165, 1.54) is 0 Å². The first kappa shape index (κ1) is 13.2. The third kappa shape index (κ3) is 2.45. The van der Waals surface area contributed by atoms with Gasteiger partial charge in [-0.3, -0.25) is 4.79 Å². The second kappa shape index (κ2) is 5.57. The van der Waals surface area contributed by atoms with Crippen molar-refractivity contribution in [2.75, 3.05) is 13.1 Å². The Morgan fingerprint density at radius 1 is 1.32 bits per heavy atom. The highest BCUT2D eigenvalue weighted by atomic mass is 16.2. The average molecular weight is 255 g/mol. The standard InChI is InChI=1S/C15H17N3O/c1-3-17(4-2)15(19)11-18-9-8-13-12(10-16)6-5-7-14(13)18/h5-9H,3-4,11H2,1-2H3. The van der Waals surface area contributed by atoms with Crippen LogP contribution in [0.4, 0.5) is 0 Å². The summed E-state index contributed by atoms with van der Waals surface area (Å²) in [4.78, 5) is 13.9. The number of nitriles is 1. The predicted octanol–water partition coefficient (Wildman–Crippen LogP) is 2.38. The molecule has 4 nitrogen and oxygen atoms in total. The molecule has 0 fully saturated rings. The summed E-state index contributed by atoms with van der Waals surface area (Å²) in [7, 11) is 0. The molecule has 2 rings (SSSR count). The maximum atomic E-state index is 12.1. The van der Waals surface area contributed by atoms with Crippen LogP contribution >= 0.6 is 0 Å². The van der Waals surface area contributed by atoms with Gasteiger partial charge >= 0.3 is 0 Å². The topological polar surface area (TPSA) is 49.0 Å². The molecule has 4 heteroatoms. The van der Waals surface area contributed by atoms with Gasteiger partial charge in [0.1, 0.15) is 6.54 Å². The number of nitrogens with zero attached hydrogens (tertiary/aromatic N) is 3. The Balaban J connectivity index is 2.32. The van der Waals surface area contributed by atoms with Crippen LogP contribution in [-0.2, 0) is 11.3 Å². The molecule has 0 aliphatic carbocycles. The van der Waals surface area contributed by atoms with Gasteiger partial charge in [-0.25, -0.2) is 0 Å². The van der Waals surface area contributed by atoms with Crippen molar-refractivity contribution in [1.29, 1.82) is 5.26 Å². The van der Waals surface area contributed by atoms with Crippen molar-refractivity contribution < 1.29 is 4.79 Å². The number of amides is 1. The van der Waals surface area contributed by atoms with Crippen LogP contribution in [0, 0.1) is 11.3 Å². The normalized spacial score (nSPS) is 10.4. The molecule has 0 spiro atoms. The number of carbonyl (C=O) groups is 1. The van der Waals surface area contributed by atoms with Gasteiger partial charge in [0.2, 0.25) is 5.91 Å². The Morgan fingerprint density at radius 3 is 2.68 bits per heavy atom. The minimum Gasteiger partial charge on any atom is -0.342 e. The molecule has 0 aliphatic heterocycles. The number of carbonyl (C=O) groups excluding carboxylic acids is 1. The SMILES string of the molecule is CCN(CC)C(=O)Cn1ccc2c(C#N)cccc21. The molecule has 1 aromatic carbocycles. The van der Waals surface area contributed by atoms with Gasteiger partial charge in [-0.15, -0.1) is 0 Å². The molecule has 1 aromatic heterocycles. The third-order valence-corrected chi connectivity index (χ3v) is 3.36. The van der Waals surface area contributed by atoms with Crippen LogP contribution in [0.25, 0.3) is 10.9 Å². The third-order valence-electron chi connectivity index (χ3n) is 3.36. The Morgan fingerprint density at radius 2 is 2.05 bits per heavy atom. The van der Waals surface area contributed by atoms with E-state index in [2.05, 4.69) is 6.07 Å². The fraction of sp³-hybridized carbons (Fsp3) is 0.333. The van der Waals surface area contributed by atoms with Gasteiger partial charge in [0.15, 0.2) is 0 Å². The maximum absolute atomic E-state index is 12.1. The predicted molar refractivity (Wildman–Crippen MR) is 74.6 cm³/mol.